The lowest BCUT2D eigenvalue weighted by atomic mass is 10.1. The first kappa shape index (κ1) is 14.6. The van der Waals surface area contributed by atoms with Crippen molar-refractivity contribution in [1.82, 2.24) is 0 Å². The van der Waals surface area contributed by atoms with Crippen LogP contribution in [-0.2, 0) is 11.3 Å². The summed E-state index contributed by atoms with van der Waals surface area (Å²) in [6.07, 6.45) is -0.616. The van der Waals surface area contributed by atoms with Crippen molar-refractivity contribution >= 4 is 0 Å². The maximum absolute atomic E-state index is 10.1. The summed E-state index contributed by atoms with van der Waals surface area (Å²) in [5.41, 5.74) is 1.94. The number of aliphatic hydroxyl groups is 1. The van der Waals surface area contributed by atoms with Gasteiger partial charge in [-0.25, -0.2) is 0 Å². The van der Waals surface area contributed by atoms with Gasteiger partial charge >= 0.3 is 0 Å². The van der Waals surface area contributed by atoms with E-state index in [-0.39, 0.29) is 6.61 Å². The monoisotopic (exact) mass is 272 g/mol. The summed E-state index contributed by atoms with van der Waals surface area (Å²) in [5.74, 6) is 0.814. The average Bonchev–Trinajstić information content (AvgIpc) is 2.49. The first-order chi connectivity index (χ1) is 9.79. The molecule has 0 bridgehead atoms. The van der Waals surface area contributed by atoms with E-state index in [1.54, 1.807) is 0 Å². The molecule has 1 atom stereocenters. The SMILES string of the molecule is CCOc1ccc(C(O)COCc2ccccc2)cc1. The first-order valence-corrected chi connectivity index (χ1v) is 6.82. The van der Waals surface area contributed by atoms with E-state index < -0.39 is 6.10 Å². The van der Waals surface area contributed by atoms with Crippen molar-refractivity contribution in [1.29, 1.82) is 0 Å². The van der Waals surface area contributed by atoms with Gasteiger partial charge in [0.15, 0.2) is 0 Å². The quantitative estimate of drug-likeness (QED) is 0.840. The Morgan fingerprint density at radius 2 is 1.70 bits per heavy atom. The molecular formula is C17H20O3. The lowest BCUT2D eigenvalue weighted by Crippen LogP contribution is -2.07. The molecule has 2 aromatic carbocycles. The molecule has 3 heteroatoms. The molecule has 0 aliphatic carbocycles. The summed E-state index contributed by atoms with van der Waals surface area (Å²) >= 11 is 0. The smallest absolute Gasteiger partial charge is 0.119 e. The van der Waals surface area contributed by atoms with Gasteiger partial charge in [-0.3, -0.25) is 0 Å². The van der Waals surface area contributed by atoms with Crippen LogP contribution >= 0.6 is 0 Å². The highest BCUT2D eigenvalue weighted by atomic mass is 16.5. The third kappa shape index (κ3) is 4.37. The zero-order valence-electron chi connectivity index (χ0n) is 11.7. The van der Waals surface area contributed by atoms with Gasteiger partial charge in [-0.15, -0.1) is 0 Å². The molecule has 0 saturated heterocycles. The van der Waals surface area contributed by atoms with Crippen molar-refractivity contribution in [3.63, 3.8) is 0 Å². The molecule has 2 rings (SSSR count). The molecule has 0 spiro atoms. The minimum atomic E-state index is -0.616. The van der Waals surface area contributed by atoms with Crippen LogP contribution in [0, 0.1) is 0 Å². The molecule has 0 radical (unpaired) electrons. The van der Waals surface area contributed by atoms with Crippen LogP contribution in [0.4, 0.5) is 0 Å². The van der Waals surface area contributed by atoms with Gasteiger partial charge in [-0.1, -0.05) is 42.5 Å². The minimum Gasteiger partial charge on any atom is -0.494 e. The van der Waals surface area contributed by atoms with Crippen LogP contribution in [0.3, 0.4) is 0 Å². The van der Waals surface area contributed by atoms with Gasteiger partial charge in [0.25, 0.3) is 0 Å². The molecule has 0 aliphatic heterocycles. The number of benzene rings is 2. The number of ether oxygens (including phenoxy) is 2. The molecular weight excluding hydrogens is 252 g/mol. The largest absolute Gasteiger partial charge is 0.494 e. The molecule has 0 saturated carbocycles. The van der Waals surface area contributed by atoms with Gasteiger partial charge in [0, 0.05) is 0 Å². The van der Waals surface area contributed by atoms with E-state index in [9.17, 15) is 5.11 Å². The van der Waals surface area contributed by atoms with E-state index in [0.717, 1.165) is 16.9 Å². The van der Waals surface area contributed by atoms with Crippen LogP contribution in [0.25, 0.3) is 0 Å². The Bertz CT molecular complexity index is 493. The summed E-state index contributed by atoms with van der Waals surface area (Å²) in [6, 6.07) is 17.4. The van der Waals surface area contributed by atoms with E-state index in [2.05, 4.69) is 0 Å². The fourth-order valence-corrected chi connectivity index (χ4v) is 1.91. The number of hydrogen-bond acceptors (Lipinski definition) is 3. The van der Waals surface area contributed by atoms with Crippen molar-refractivity contribution in [2.75, 3.05) is 13.2 Å². The van der Waals surface area contributed by atoms with E-state index in [1.165, 1.54) is 0 Å². The van der Waals surface area contributed by atoms with Crippen molar-refractivity contribution < 1.29 is 14.6 Å². The van der Waals surface area contributed by atoms with Crippen LogP contribution in [0.2, 0.25) is 0 Å². The summed E-state index contributed by atoms with van der Waals surface area (Å²) < 4.78 is 10.9. The summed E-state index contributed by atoms with van der Waals surface area (Å²) in [4.78, 5) is 0. The third-order valence-corrected chi connectivity index (χ3v) is 2.96. The zero-order valence-corrected chi connectivity index (χ0v) is 11.7. The summed E-state index contributed by atoms with van der Waals surface area (Å²) in [6.45, 7) is 3.38. The van der Waals surface area contributed by atoms with E-state index in [4.69, 9.17) is 9.47 Å². The highest BCUT2D eigenvalue weighted by Crippen LogP contribution is 2.18. The highest BCUT2D eigenvalue weighted by Gasteiger charge is 2.07. The number of hydrogen-bond donors (Lipinski definition) is 1. The Kier molecular flexibility index (Phi) is 5.59. The molecule has 2 aromatic rings. The van der Waals surface area contributed by atoms with Crippen LogP contribution in [-0.4, -0.2) is 18.3 Å². The van der Waals surface area contributed by atoms with Crippen molar-refractivity contribution in [3.05, 3.63) is 65.7 Å². The van der Waals surface area contributed by atoms with Crippen LogP contribution in [0.1, 0.15) is 24.2 Å². The molecule has 0 aliphatic rings. The Morgan fingerprint density at radius 3 is 2.35 bits per heavy atom. The molecule has 1 N–H and O–H groups in total. The second kappa shape index (κ2) is 7.68. The maximum atomic E-state index is 10.1. The van der Waals surface area contributed by atoms with E-state index in [0.29, 0.717) is 13.2 Å². The molecule has 1 unspecified atom stereocenters. The zero-order chi connectivity index (χ0) is 14.2. The van der Waals surface area contributed by atoms with Gasteiger partial charge in [0.1, 0.15) is 11.9 Å². The highest BCUT2D eigenvalue weighted by molar-refractivity contribution is 5.28. The normalized spacial score (nSPS) is 12.1. The molecule has 0 aromatic heterocycles. The third-order valence-electron chi connectivity index (χ3n) is 2.96. The van der Waals surface area contributed by atoms with Gasteiger partial charge < -0.3 is 14.6 Å². The minimum absolute atomic E-state index is 0.281. The molecule has 0 heterocycles. The molecule has 20 heavy (non-hydrogen) atoms. The van der Waals surface area contributed by atoms with Crippen molar-refractivity contribution in [3.8, 4) is 5.75 Å². The average molecular weight is 272 g/mol. The number of aliphatic hydroxyl groups excluding tert-OH is 1. The molecule has 3 nitrogen and oxygen atoms in total. The predicted octanol–water partition coefficient (Wildman–Crippen LogP) is 3.34. The maximum Gasteiger partial charge on any atom is 0.119 e. The van der Waals surface area contributed by atoms with Crippen molar-refractivity contribution in [2.45, 2.75) is 19.6 Å². The fourth-order valence-electron chi connectivity index (χ4n) is 1.91. The fraction of sp³-hybridized carbons (Fsp3) is 0.294. The van der Waals surface area contributed by atoms with Gasteiger partial charge in [0.2, 0.25) is 0 Å². The Hall–Kier alpha value is -1.84. The first-order valence-electron chi connectivity index (χ1n) is 6.82. The van der Waals surface area contributed by atoms with Crippen LogP contribution in [0.5, 0.6) is 5.75 Å². The number of rotatable bonds is 7. The summed E-state index contributed by atoms with van der Waals surface area (Å²) in [5, 5.41) is 10.1. The lowest BCUT2D eigenvalue weighted by Gasteiger charge is -2.12. The Labute approximate surface area is 119 Å². The van der Waals surface area contributed by atoms with Gasteiger partial charge in [-0.05, 0) is 30.2 Å². The second-order valence-electron chi connectivity index (χ2n) is 4.52. The van der Waals surface area contributed by atoms with Crippen LogP contribution < -0.4 is 4.74 Å². The topological polar surface area (TPSA) is 38.7 Å². The van der Waals surface area contributed by atoms with Gasteiger partial charge in [0.05, 0.1) is 19.8 Å². The van der Waals surface area contributed by atoms with E-state index >= 15 is 0 Å². The second-order valence-corrected chi connectivity index (χ2v) is 4.52. The predicted molar refractivity (Wildman–Crippen MR) is 78.7 cm³/mol. The molecule has 0 fully saturated rings. The van der Waals surface area contributed by atoms with Crippen LogP contribution in [0.15, 0.2) is 54.6 Å². The van der Waals surface area contributed by atoms with Gasteiger partial charge in [-0.2, -0.15) is 0 Å². The lowest BCUT2D eigenvalue weighted by molar-refractivity contribution is 0.0277. The van der Waals surface area contributed by atoms with E-state index in [1.807, 2.05) is 61.5 Å². The standard InChI is InChI=1S/C17H20O3/c1-2-20-16-10-8-15(9-11-16)17(18)13-19-12-14-6-4-3-5-7-14/h3-11,17-18H,2,12-13H2,1H3. The van der Waals surface area contributed by atoms with Crippen molar-refractivity contribution in [2.24, 2.45) is 0 Å². The Balaban J connectivity index is 1.80. The Morgan fingerprint density at radius 1 is 1.00 bits per heavy atom. The molecule has 106 valence electrons. The molecule has 0 amide bonds. The summed E-state index contributed by atoms with van der Waals surface area (Å²) in [7, 11) is 0.